The van der Waals surface area contributed by atoms with Crippen molar-refractivity contribution < 1.29 is 14.6 Å². The topological polar surface area (TPSA) is 63.8 Å². The second-order valence-corrected chi connectivity index (χ2v) is 4.65. The predicted molar refractivity (Wildman–Crippen MR) is 78.0 cm³/mol. The maximum absolute atomic E-state index is 11.2. The molecule has 0 radical (unpaired) electrons. The molecule has 2 heterocycles. The number of fused-ring (bicyclic) bond motifs is 1. The van der Waals surface area contributed by atoms with Crippen molar-refractivity contribution in [3.63, 3.8) is 0 Å². The molecule has 0 aliphatic rings. The van der Waals surface area contributed by atoms with Crippen molar-refractivity contribution in [3.8, 4) is 5.75 Å². The number of carboxylic acid groups (broad SMARTS) is 1. The number of hydrogen-bond acceptors (Lipinski definition) is 3. The van der Waals surface area contributed by atoms with E-state index in [1.165, 1.54) is 0 Å². The summed E-state index contributed by atoms with van der Waals surface area (Å²) in [5.41, 5.74) is 1.85. The van der Waals surface area contributed by atoms with Gasteiger partial charge in [-0.2, -0.15) is 0 Å². The summed E-state index contributed by atoms with van der Waals surface area (Å²) >= 11 is 0. The van der Waals surface area contributed by atoms with Gasteiger partial charge in [0.05, 0.1) is 24.4 Å². The molecule has 0 bridgehead atoms. The summed E-state index contributed by atoms with van der Waals surface area (Å²) in [6.07, 6.45) is 3.98. The van der Waals surface area contributed by atoms with E-state index in [9.17, 15) is 9.90 Å². The third-order valence-corrected chi connectivity index (χ3v) is 3.42. The van der Waals surface area contributed by atoms with Crippen LogP contribution in [-0.4, -0.2) is 27.6 Å². The molecule has 5 nitrogen and oxygen atoms in total. The van der Waals surface area contributed by atoms with E-state index in [4.69, 9.17) is 4.74 Å². The van der Waals surface area contributed by atoms with Gasteiger partial charge in [0.15, 0.2) is 0 Å². The maximum Gasteiger partial charge on any atom is 0.337 e. The molecule has 2 aromatic heterocycles. The molecule has 21 heavy (non-hydrogen) atoms. The molecule has 1 N–H and O–H groups in total. The number of hydrogen-bond donors (Lipinski definition) is 1. The summed E-state index contributed by atoms with van der Waals surface area (Å²) in [7, 11) is 1.63. The quantitative estimate of drug-likeness (QED) is 0.799. The summed E-state index contributed by atoms with van der Waals surface area (Å²) < 4.78 is 7.14. The average molecular weight is 282 g/mol. The lowest BCUT2D eigenvalue weighted by Gasteiger charge is -2.08. The van der Waals surface area contributed by atoms with Gasteiger partial charge in [0.25, 0.3) is 0 Å². The molecule has 0 aliphatic carbocycles. The highest BCUT2D eigenvalue weighted by Gasteiger charge is 2.13. The van der Waals surface area contributed by atoms with Crippen molar-refractivity contribution >= 4 is 11.5 Å². The lowest BCUT2D eigenvalue weighted by atomic mass is 10.1. The van der Waals surface area contributed by atoms with Gasteiger partial charge in [-0.05, 0) is 18.2 Å². The number of imidazole rings is 1. The first-order chi connectivity index (χ1) is 10.2. The van der Waals surface area contributed by atoms with Crippen LogP contribution in [0.15, 0.2) is 48.8 Å². The van der Waals surface area contributed by atoms with E-state index in [1.54, 1.807) is 29.8 Å². The van der Waals surface area contributed by atoms with Crippen molar-refractivity contribution in [2.75, 3.05) is 7.11 Å². The van der Waals surface area contributed by atoms with Crippen molar-refractivity contribution in [2.45, 2.75) is 6.42 Å². The highest BCUT2D eigenvalue weighted by molar-refractivity contribution is 5.95. The number of pyridine rings is 1. The molecule has 0 aliphatic heterocycles. The molecule has 1 aromatic carbocycles. The minimum Gasteiger partial charge on any atom is -0.496 e. The Hall–Kier alpha value is -2.82. The largest absolute Gasteiger partial charge is 0.496 e. The van der Waals surface area contributed by atoms with Gasteiger partial charge >= 0.3 is 5.97 Å². The molecule has 0 atom stereocenters. The highest BCUT2D eigenvalue weighted by Crippen LogP contribution is 2.22. The fraction of sp³-hybridized carbons (Fsp3) is 0.125. The SMILES string of the molecule is COc1ccccc1Cc1ncc2c(C(=O)O)cccn12. The minimum absolute atomic E-state index is 0.247. The van der Waals surface area contributed by atoms with Crippen LogP contribution in [0.25, 0.3) is 5.52 Å². The van der Waals surface area contributed by atoms with Crippen LogP contribution in [0.2, 0.25) is 0 Å². The van der Waals surface area contributed by atoms with Gasteiger partial charge in [0.1, 0.15) is 11.6 Å². The second kappa shape index (κ2) is 5.28. The van der Waals surface area contributed by atoms with Gasteiger partial charge in [0, 0.05) is 18.2 Å². The lowest BCUT2D eigenvalue weighted by molar-refractivity contribution is 0.0698. The Labute approximate surface area is 121 Å². The number of ether oxygens (including phenoxy) is 1. The minimum atomic E-state index is -0.954. The summed E-state index contributed by atoms with van der Waals surface area (Å²) in [4.78, 5) is 15.6. The molecule has 0 spiro atoms. The highest BCUT2D eigenvalue weighted by atomic mass is 16.5. The number of aromatic carboxylic acids is 1. The van der Waals surface area contributed by atoms with Gasteiger partial charge in [-0.3, -0.25) is 0 Å². The summed E-state index contributed by atoms with van der Waals surface area (Å²) in [6, 6.07) is 11.0. The van der Waals surface area contributed by atoms with Crippen molar-refractivity contribution in [1.29, 1.82) is 0 Å². The van der Waals surface area contributed by atoms with E-state index in [1.807, 2.05) is 30.5 Å². The van der Waals surface area contributed by atoms with Crippen LogP contribution in [0.5, 0.6) is 5.75 Å². The first-order valence-corrected chi connectivity index (χ1v) is 6.51. The number of carboxylic acids is 1. The lowest BCUT2D eigenvalue weighted by Crippen LogP contribution is -2.02. The summed E-state index contributed by atoms with van der Waals surface area (Å²) in [5, 5.41) is 9.20. The van der Waals surface area contributed by atoms with Crippen LogP contribution >= 0.6 is 0 Å². The number of rotatable bonds is 4. The van der Waals surface area contributed by atoms with Gasteiger partial charge < -0.3 is 14.2 Å². The van der Waals surface area contributed by atoms with E-state index >= 15 is 0 Å². The van der Waals surface area contributed by atoms with E-state index in [2.05, 4.69) is 4.98 Å². The molecular formula is C16H14N2O3. The Morgan fingerprint density at radius 1 is 1.29 bits per heavy atom. The second-order valence-electron chi connectivity index (χ2n) is 4.65. The Kier molecular flexibility index (Phi) is 3.31. The normalized spacial score (nSPS) is 10.7. The zero-order chi connectivity index (χ0) is 14.8. The predicted octanol–water partition coefficient (Wildman–Crippen LogP) is 2.63. The van der Waals surface area contributed by atoms with Crippen molar-refractivity contribution in [3.05, 3.63) is 65.7 Å². The Bertz CT molecular complexity index is 808. The average Bonchev–Trinajstić information content (AvgIpc) is 2.91. The van der Waals surface area contributed by atoms with E-state index < -0.39 is 5.97 Å². The Balaban J connectivity index is 2.06. The molecular weight excluding hydrogens is 268 g/mol. The number of carbonyl (C=O) groups is 1. The van der Waals surface area contributed by atoms with Gasteiger partial charge in [-0.1, -0.05) is 18.2 Å². The molecule has 106 valence electrons. The van der Waals surface area contributed by atoms with Crippen molar-refractivity contribution in [1.82, 2.24) is 9.38 Å². The molecule has 5 heteroatoms. The number of nitrogens with zero attached hydrogens (tertiary/aromatic N) is 2. The van der Waals surface area contributed by atoms with Crippen LogP contribution in [0.1, 0.15) is 21.7 Å². The first kappa shape index (κ1) is 13.2. The standard InChI is InChI=1S/C16H14N2O3/c1-21-14-7-3-2-5-11(14)9-15-17-10-13-12(16(19)20)6-4-8-18(13)15/h2-8,10H,9H2,1H3,(H,19,20). The van der Waals surface area contributed by atoms with E-state index in [-0.39, 0.29) is 5.56 Å². The molecule has 0 saturated heterocycles. The molecule has 0 fully saturated rings. The third-order valence-electron chi connectivity index (χ3n) is 3.42. The number of para-hydroxylation sites is 1. The van der Waals surface area contributed by atoms with E-state index in [0.717, 1.165) is 17.1 Å². The molecule has 3 aromatic rings. The van der Waals surface area contributed by atoms with E-state index in [0.29, 0.717) is 11.9 Å². The van der Waals surface area contributed by atoms with Crippen LogP contribution in [0.4, 0.5) is 0 Å². The summed E-state index contributed by atoms with van der Waals surface area (Å²) in [6.45, 7) is 0. The molecule has 0 unspecified atom stereocenters. The van der Waals surface area contributed by atoms with Gasteiger partial charge in [-0.15, -0.1) is 0 Å². The zero-order valence-corrected chi connectivity index (χ0v) is 11.5. The molecule has 0 saturated carbocycles. The van der Waals surface area contributed by atoms with Crippen LogP contribution in [0.3, 0.4) is 0 Å². The summed E-state index contributed by atoms with van der Waals surface area (Å²) in [5.74, 6) is 0.616. The Morgan fingerprint density at radius 3 is 2.86 bits per heavy atom. The third kappa shape index (κ3) is 2.33. The monoisotopic (exact) mass is 282 g/mol. The Morgan fingerprint density at radius 2 is 2.10 bits per heavy atom. The van der Waals surface area contributed by atoms with Gasteiger partial charge in [-0.25, -0.2) is 9.78 Å². The number of benzene rings is 1. The van der Waals surface area contributed by atoms with Crippen LogP contribution in [0, 0.1) is 0 Å². The smallest absolute Gasteiger partial charge is 0.337 e. The number of methoxy groups -OCH3 is 1. The first-order valence-electron chi connectivity index (χ1n) is 6.51. The van der Waals surface area contributed by atoms with Crippen LogP contribution < -0.4 is 4.74 Å². The van der Waals surface area contributed by atoms with Gasteiger partial charge in [0.2, 0.25) is 0 Å². The number of aromatic nitrogens is 2. The molecule has 0 amide bonds. The maximum atomic E-state index is 11.2. The van der Waals surface area contributed by atoms with Crippen molar-refractivity contribution in [2.24, 2.45) is 0 Å². The molecule has 3 rings (SSSR count). The fourth-order valence-electron chi connectivity index (χ4n) is 2.41. The fourth-order valence-corrected chi connectivity index (χ4v) is 2.41. The van der Waals surface area contributed by atoms with Crippen LogP contribution in [-0.2, 0) is 6.42 Å². The zero-order valence-electron chi connectivity index (χ0n) is 11.5.